The second-order valence-electron chi connectivity index (χ2n) is 4.99. The summed E-state index contributed by atoms with van der Waals surface area (Å²) in [6.45, 7) is 5.20. The van der Waals surface area contributed by atoms with E-state index in [0.29, 0.717) is 6.04 Å². The van der Waals surface area contributed by atoms with Gasteiger partial charge in [0, 0.05) is 13.2 Å². The summed E-state index contributed by atoms with van der Waals surface area (Å²) in [6, 6.07) is 0.654. The Morgan fingerprint density at radius 1 is 1.38 bits per heavy atom. The summed E-state index contributed by atoms with van der Waals surface area (Å²) in [5.74, 6) is 0. The topological polar surface area (TPSA) is 32.7 Å². The fourth-order valence-electron chi connectivity index (χ4n) is 2.50. The third-order valence-electron chi connectivity index (χ3n) is 3.43. The van der Waals surface area contributed by atoms with Gasteiger partial charge in [0.1, 0.15) is 0 Å². The summed E-state index contributed by atoms with van der Waals surface area (Å²) in [6.07, 6.45) is 7.08. The van der Waals surface area contributed by atoms with Gasteiger partial charge in [-0.1, -0.05) is 12.8 Å². The lowest BCUT2D eigenvalue weighted by Crippen LogP contribution is -2.33. The summed E-state index contributed by atoms with van der Waals surface area (Å²) in [4.78, 5) is 2.56. The zero-order valence-corrected chi connectivity index (χ0v) is 10.8. The van der Waals surface area contributed by atoms with Gasteiger partial charge in [-0.3, -0.25) is 4.90 Å². The average molecular weight is 229 g/mol. The Morgan fingerprint density at radius 2 is 2.19 bits per heavy atom. The third-order valence-corrected chi connectivity index (χ3v) is 3.43. The molecule has 96 valence electrons. The van der Waals surface area contributed by atoms with Crippen LogP contribution in [0.5, 0.6) is 0 Å². The van der Waals surface area contributed by atoms with Crippen molar-refractivity contribution in [1.82, 2.24) is 4.90 Å². The molecule has 0 bridgehead atoms. The Bertz CT molecular complexity index is 173. The Morgan fingerprint density at radius 3 is 2.88 bits per heavy atom. The molecule has 0 aliphatic carbocycles. The number of aliphatic hydroxyl groups excluding tert-OH is 1. The highest BCUT2D eigenvalue weighted by atomic mass is 16.5. The molecule has 3 nitrogen and oxygen atoms in total. The average Bonchev–Trinajstić information content (AvgIpc) is 2.65. The molecule has 16 heavy (non-hydrogen) atoms. The number of likely N-dealkylation sites (tertiary alicyclic amines) is 1. The molecular formula is C13H27NO2. The van der Waals surface area contributed by atoms with Crippen molar-refractivity contribution in [3.8, 4) is 0 Å². The maximum atomic E-state index is 9.15. The first-order chi connectivity index (χ1) is 7.74. The Balaban J connectivity index is 2.03. The van der Waals surface area contributed by atoms with Crippen LogP contribution in [-0.4, -0.2) is 49.0 Å². The van der Waals surface area contributed by atoms with Crippen LogP contribution in [0, 0.1) is 0 Å². The van der Waals surface area contributed by atoms with Crippen LogP contribution in [0.2, 0.25) is 0 Å². The highest BCUT2D eigenvalue weighted by Crippen LogP contribution is 2.18. The first-order valence-corrected chi connectivity index (χ1v) is 6.65. The molecule has 0 amide bonds. The zero-order valence-electron chi connectivity index (χ0n) is 10.8. The lowest BCUT2D eigenvalue weighted by molar-refractivity contribution is 0.114. The van der Waals surface area contributed by atoms with E-state index in [1.807, 2.05) is 6.92 Å². The van der Waals surface area contributed by atoms with Crippen LogP contribution < -0.4 is 0 Å². The van der Waals surface area contributed by atoms with Crippen molar-refractivity contribution in [1.29, 1.82) is 0 Å². The number of methoxy groups -OCH3 is 1. The Labute approximate surface area is 99.8 Å². The summed E-state index contributed by atoms with van der Waals surface area (Å²) < 4.78 is 5.24. The minimum absolute atomic E-state index is 0.131. The normalized spacial score (nSPS) is 23.8. The van der Waals surface area contributed by atoms with Crippen molar-refractivity contribution in [2.45, 2.75) is 57.6 Å². The number of aliphatic hydroxyl groups is 1. The summed E-state index contributed by atoms with van der Waals surface area (Å²) in [5, 5.41) is 9.15. The van der Waals surface area contributed by atoms with E-state index in [2.05, 4.69) is 4.90 Å². The van der Waals surface area contributed by atoms with Gasteiger partial charge in [-0.2, -0.15) is 0 Å². The molecule has 1 saturated heterocycles. The highest BCUT2D eigenvalue weighted by Gasteiger charge is 2.23. The standard InChI is InChI=1S/C13H27NO2/c1-12(15)7-4-3-5-9-14-10-6-8-13(14)11-16-2/h12-13,15H,3-11H2,1-2H3/t12?,13-/m0/s1. The summed E-state index contributed by atoms with van der Waals surface area (Å²) in [5.41, 5.74) is 0. The van der Waals surface area contributed by atoms with E-state index in [9.17, 15) is 0 Å². The number of unbranched alkanes of at least 4 members (excludes halogenated alkanes) is 2. The molecule has 1 unspecified atom stereocenters. The number of hydrogen-bond donors (Lipinski definition) is 1. The number of hydrogen-bond acceptors (Lipinski definition) is 3. The van der Waals surface area contributed by atoms with Crippen LogP contribution in [0.3, 0.4) is 0 Å². The van der Waals surface area contributed by atoms with E-state index < -0.39 is 0 Å². The molecule has 0 saturated carbocycles. The fourth-order valence-corrected chi connectivity index (χ4v) is 2.50. The molecule has 0 spiro atoms. The van der Waals surface area contributed by atoms with Gasteiger partial charge < -0.3 is 9.84 Å². The lowest BCUT2D eigenvalue weighted by atomic mass is 10.1. The van der Waals surface area contributed by atoms with Crippen LogP contribution >= 0.6 is 0 Å². The quantitative estimate of drug-likeness (QED) is 0.647. The molecule has 1 heterocycles. The second kappa shape index (κ2) is 8.04. The van der Waals surface area contributed by atoms with Crippen molar-refractivity contribution >= 4 is 0 Å². The maximum absolute atomic E-state index is 9.15. The molecule has 1 aliphatic heterocycles. The highest BCUT2D eigenvalue weighted by molar-refractivity contribution is 4.78. The lowest BCUT2D eigenvalue weighted by Gasteiger charge is -2.23. The molecular weight excluding hydrogens is 202 g/mol. The molecule has 0 radical (unpaired) electrons. The summed E-state index contributed by atoms with van der Waals surface area (Å²) in [7, 11) is 1.79. The smallest absolute Gasteiger partial charge is 0.0618 e. The Kier molecular flexibility index (Phi) is 7.01. The Hall–Kier alpha value is -0.120. The van der Waals surface area contributed by atoms with Crippen molar-refractivity contribution in [3.05, 3.63) is 0 Å². The van der Waals surface area contributed by atoms with Crippen LogP contribution in [0.1, 0.15) is 45.4 Å². The molecule has 0 aromatic carbocycles. The van der Waals surface area contributed by atoms with E-state index in [4.69, 9.17) is 9.84 Å². The fraction of sp³-hybridized carbons (Fsp3) is 1.00. The van der Waals surface area contributed by atoms with Crippen LogP contribution in [0.25, 0.3) is 0 Å². The van der Waals surface area contributed by atoms with E-state index in [1.54, 1.807) is 7.11 Å². The molecule has 1 fully saturated rings. The molecule has 0 aromatic rings. The molecule has 3 heteroatoms. The number of ether oxygens (including phenoxy) is 1. The largest absolute Gasteiger partial charge is 0.393 e. The predicted octanol–water partition coefficient (Wildman–Crippen LogP) is 2.04. The van der Waals surface area contributed by atoms with Crippen molar-refractivity contribution in [3.63, 3.8) is 0 Å². The van der Waals surface area contributed by atoms with Gasteiger partial charge in [0.25, 0.3) is 0 Å². The van der Waals surface area contributed by atoms with Gasteiger partial charge >= 0.3 is 0 Å². The van der Waals surface area contributed by atoms with Crippen LogP contribution in [-0.2, 0) is 4.74 Å². The summed E-state index contributed by atoms with van der Waals surface area (Å²) >= 11 is 0. The van der Waals surface area contributed by atoms with E-state index >= 15 is 0 Å². The molecule has 1 N–H and O–H groups in total. The second-order valence-corrected chi connectivity index (χ2v) is 4.99. The van der Waals surface area contributed by atoms with Gasteiger partial charge in [-0.25, -0.2) is 0 Å². The zero-order chi connectivity index (χ0) is 11.8. The van der Waals surface area contributed by atoms with Crippen molar-refractivity contribution in [2.75, 3.05) is 26.8 Å². The van der Waals surface area contributed by atoms with Gasteiger partial charge in [0.05, 0.1) is 12.7 Å². The van der Waals surface area contributed by atoms with E-state index in [-0.39, 0.29) is 6.10 Å². The first-order valence-electron chi connectivity index (χ1n) is 6.65. The number of nitrogens with zero attached hydrogens (tertiary/aromatic N) is 1. The molecule has 1 aliphatic rings. The third kappa shape index (κ3) is 5.28. The van der Waals surface area contributed by atoms with Crippen LogP contribution in [0.4, 0.5) is 0 Å². The SMILES string of the molecule is COC[C@@H]1CCCN1CCCCCC(C)O. The maximum Gasteiger partial charge on any atom is 0.0618 e. The van der Waals surface area contributed by atoms with Crippen molar-refractivity contribution < 1.29 is 9.84 Å². The van der Waals surface area contributed by atoms with Crippen molar-refractivity contribution in [2.24, 2.45) is 0 Å². The van der Waals surface area contributed by atoms with Crippen LogP contribution in [0.15, 0.2) is 0 Å². The first kappa shape index (κ1) is 13.9. The van der Waals surface area contributed by atoms with Gasteiger partial charge in [-0.05, 0) is 45.7 Å². The van der Waals surface area contributed by atoms with Gasteiger partial charge in [0.2, 0.25) is 0 Å². The molecule has 0 aromatic heterocycles. The molecule has 2 atom stereocenters. The van der Waals surface area contributed by atoms with E-state index in [0.717, 1.165) is 19.4 Å². The predicted molar refractivity (Wildman–Crippen MR) is 66.6 cm³/mol. The minimum atomic E-state index is -0.131. The monoisotopic (exact) mass is 229 g/mol. The minimum Gasteiger partial charge on any atom is -0.393 e. The number of rotatable bonds is 8. The molecule has 1 rings (SSSR count). The van der Waals surface area contributed by atoms with Gasteiger partial charge in [-0.15, -0.1) is 0 Å². The van der Waals surface area contributed by atoms with Gasteiger partial charge in [0.15, 0.2) is 0 Å². The van der Waals surface area contributed by atoms with E-state index in [1.165, 1.54) is 38.8 Å².